The second kappa shape index (κ2) is 4.75. The Bertz CT molecular complexity index is 279. The van der Waals surface area contributed by atoms with Gasteiger partial charge in [-0.25, -0.2) is 9.59 Å². The lowest BCUT2D eigenvalue weighted by Crippen LogP contribution is -2.34. The number of ether oxygens (including phenoxy) is 4. The Balaban J connectivity index is 1.95. The van der Waals surface area contributed by atoms with Gasteiger partial charge in [-0.1, -0.05) is 0 Å². The minimum Gasteiger partial charge on any atom is -0.445 e. The van der Waals surface area contributed by atoms with E-state index in [0.717, 1.165) is 0 Å². The van der Waals surface area contributed by atoms with Crippen LogP contribution < -0.4 is 0 Å². The highest BCUT2D eigenvalue weighted by Gasteiger charge is 2.51. The van der Waals surface area contributed by atoms with E-state index in [4.69, 9.17) is 42.1 Å². The van der Waals surface area contributed by atoms with Gasteiger partial charge in [-0.2, -0.15) is 0 Å². The molecule has 0 aromatic carbocycles. The van der Waals surface area contributed by atoms with Gasteiger partial charge in [0, 0.05) is 23.2 Å². The van der Waals surface area contributed by atoms with Crippen molar-refractivity contribution in [1.29, 1.82) is 0 Å². The summed E-state index contributed by atoms with van der Waals surface area (Å²) in [6.45, 7) is 0.314. The van der Waals surface area contributed by atoms with Crippen molar-refractivity contribution in [2.45, 2.75) is 24.4 Å². The SMILES string of the molecule is O=C(Cl)O[C@@H]1COC2C1OC[C@H]2OC(=O)Cl. The fraction of sp³-hybridized carbons (Fsp3) is 0.750. The highest BCUT2D eigenvalue weighted by atomic mass is 35.5. The van der Waals surface area contributed by atoms with Crippen LogP contribution in [0.2, 0.25) is 0 Å². The summed E-state index contributed by atoms with van der Waals surface area (Å²) in [6.07, 6.45) is -2.09. The third-order valence-electron chi connectivity index (χ3n) is 2.45. The van der Waals surface area contributed by atoms with Crippen LogP contribution in [0.25, 0.3) is 0 Å². The van der Waals surface area contributed by atoms with Gasteiger partial charge >= 0.3 is 10.9 Å². The zero-order valence-electron chi connectivity index (χ0n) is 7.93. The number of hydrogen-bond donors (Lipinski definition) is 0. The molecule has 0 spiro atoms. The minimum absolute atomic E-state index is 0.157. The van der Waals surface area contributed by atoms with Crippen molar-refractivity contribution in [3.8, 4) is 0 Å². The average Bonchev–Trinajstić information content (AvgIpc) is 2.70. The molecule has 2 rings (SSSR count). The Hall–Kier alpha value is -0.560. The van der Waals surface area contributed by atoms with Gasteiger partial charge in [0.05, 0.1) is 13.2 Å². The standard InChI is InChI=1S/C8H8Cl2O6/c9-7(11)15-3-1-13-6-4(16-8(10)12)2-14-5(3)6/h3-6H,1-2H2/t3-,4-,5?,6?/m1/s1. The molecule has 0 radical (unpaired) electrons. The molecule has 2 unspecified atom stereocenters. The summed E-state index contributed by atoms with van der Waals surface area (Å²) in [5.41, 5.74) is -1.84. The third-order valence-corrected chi connectivity index (χ3v) is 2.63. The molecule has 0 aromatic heterocycles. The smallest absolute Gasteiger partial charge is 0.404 e. The van der Waals surface area contributed by atoms with Crippen molar-refractivity contribution < 1.29 is 28.5 Å². The summed E-state index contributed by atoms with van der Waals surface area (Å²) in [5, 5.41) is 0. The molecule has 0 bridgehead atoms. The highest BCUT2D eigenvalue weighted by molar-refractivity contribution is 6.61. The second-order valence-electron chi connectivity index (χ2n) is 3.38. The predicted octanol–water partition coefficient (Wildman–Crippen LogP) is 1.27. The zero-order valence-corrected chi connectivity index (χ0v) is 9.44. The summed E-state index contributed by atoms with van der Waals surface area (Å²) >= 11 is 10.2. The first-order chi connectivity index (χ1) is 7.58. The van der Waals surface area contributed by atoms with Crippen LogP contribution in [0.3, 0.4) is 0 Å². The topological polar surface area (TPSA) is 71.1 Å². The van der Waals surface area contributed by atoms with Gasteiger partial charge in [-0.3, -0.25) is 0 Å². The Morgan fingerprint density at radius 3 is 1.62 bits per heavy atom. The zero-order chi connectivity index (χ0) is 11.7. The van der Waals surface area contributed by atoms with E-state index in [0.29, 0.717) is 0 Å². The molecule has 2 aliphatic rings. The minimum atomic E-state index is -0.921. The van der Waals surface area contributed by atoms with Crippen LogP contribution in [0.4, 0.5) is 9.59 Å². The molecule has 2 heterocycles. The third kappa shape index (κ3) is 2.40. The van der Waals surface area contributed by atoms with Crippen LogP contribution in [0.15, 0.2) is 0 Å². The highest BCUT2D eigenvalue weighted by Crippen LogP contribution is 2.31. The molecule has 90 valence electrons. The van der Waals surface area contributed by atoms with Gasteiger partial charge in [0.1, 0.15) is 12.2 Å². The van der Waals surface area contributed by atoms with Gasteiger partial charge in [-0.15, -0.1) is 0 Å². The van der Waals surface area contributed by atoms with E-state index in [1.807, 2.05) is 0 Å². The summed E-state index contributed by atoms with van der Waals surface area (Å²) in [6, 6.07) is 0. The largest absolute Gasteiger partial charge is 0.445 e. The molecule has 2 saturated heterocycles. The van der Waals surface area contributed by atoms with Crippen LogP contribution in [0.1, 0.15) is 0 Å². The molecule has 6 nitrogen and oxygen atoms in total. The molecule has 0 aliphatic carbocycles. The normalized spacial score (nSPS) is 36.9. The van der Waals surface area contributed by atoms with Crippen LogP contribution >= 0.6 is 23.2 Å². The summed E-state index contributed by atoms with van der Waals surface area (Å²) < 4.78 is 20.2. The Labute approximate surface area is 101 Å². The number of rotatable bonds is 2. The molecule has 0 N–H and O–H groups in total. The molecular formula is C8H8Cl2O6. The number of hydrogen-bond acceptors (Lipinski definition) is 6. The van der Waals surface area contributed by atoms with Gasteiger partial charge in [0.25, 0.3) is 0 Å². The van der Waals surface area contributed by atoms with Gasteiger partial charge < -0.3 is 18.9 Å². The maximum Gasteiger partial charge on any atom is 0.404 e. The quantitative estimate of drug-likeness (QED) is 0.704. The van der Waals surface area contributed by atoms with E-state index < -0.39 is 35.3 Å². The number of carbonyl (C=O) groups excluding carboxylic acids is 2. The average molecular weight is 271 g/mol. The summed E-state index contributed by atoms with van der Waals surface area (Å²) in [7, 11) is 0. The number of halogens is 2. The maximum absolute atomic E-state index is 10.6. The van der Waals surface area contributed by atoms with E-state index in [1.54, 1.807) is 0 Å². The van der Waals surface area contributed by atoms with E-state index >= 15 is 0 Å². The molecule has 0 aromatic rings. The monoisotopic (exact) mass is 270 g/mol. The van der Waals surface area contributed by atoms with Crippen molar-refractivity contribution in [2.24, 2.45) is 0 Å². The molecule has 2 aliphatic heterocycles. The van der Waals surface area contributed by atoms with Crippen molar-refractivity contribution >= 4 is 34.1 Å². The predicted molar refractivity (Wildman–Crippen MR) is 51.7 cm³/mol. The number of carbonyl (C=O) groups is 2. The van der Waals surface area contributed by atoms with Crippen LogP contribution in [0.5, 0.6) is 0 Å². The lowest BCUT2D eigenvalue weighted by molar-refractivity contribution is -0.00291. The fourth-order valence-corrected chi connectivity index (χ4v) is 2.10. The first-order valence-electron chi connectivity index (χ1n) is 4.53. The second-order valence-corrected chi connectivity index (χ2v) is 4.00. The maximum atomic E-state index is 10.6. The van der Waals surface area contributed by atoms with Gasteiger partial charge in [-0.05, 0) is 0 Å². The molecular weight excluding hydrogens is 263 g/mol. The van der Waals surface area contributed by atoms with Crippen LogP contribution in [0, 0.1) is 0 Å². The van der Waals surface area contributed by atoms with Crippen molar-refractivity contribution in [1.82, 2.24) is 0 Å². The molecule has 4 atom stereocenters. The van der Waals surface area contributed by atoms with Gasteiger partial charge in [0.15, 0.2) is 12.2 Å². The van der Waals surface area contributed by atoms with E-state index in [9.17, 15) is 9.59 Å². The molecule has 0 saturated carbocycles. The Morgan fingerprint density at radius 1 is 0.938 bits per heavy atom. The van der Waals surface area contributed by atoms with Crippen molar-refractivity contribution in [3.63, 3.8) is 0 Å². The van der Waals surface area contributed by atoms with E-state index in [-0.39, 0.29) is 13.2 Å². The van der Waals surface area contributed by atoms with E-state index in [2.05, 4.69) is 0 Å². The Morgan fingerprint density at radius 2 is 1.31 bits per heavy atom. The first-order valence-corrected chi connectivity index (χ1v) is 5.29. The van der Waals surface area contributed by atoms with Crippen molar-refractivity contribution in [3.05, 3.63) is 0 Å². The number of fused-ring (bicyclic) bond motifs is 1. The molecule has 0 amide bonds. The fourth-order valence-electron chi connectivity index (χ4n) is 1.87. The lowest BCUT2D eigenvalue weighted by atomic mass is 10.1. The molecule has 8 heteroatoms. The molecule has 16 heavy (non-hydrogen) atoms. The summed E-state index contributed by atoms with van der Waals surface area (Å²) in [5.74, 6) is 0. The van der Waals surface area contributed by atoms with Crippen LogP contribution in [-0.2, 0) is 18.9 Å². The van der Waals surface area contributed by atoms with E-state index in [1.165, 1.54) is 0 Å². The van der Waals surface area contributed by atoms with Crippen LogP contribution in [-0.4, -0.2) is 48.5 Å². The van der Waals surface area contributed by atoms with Gasteiger partial charge in [0.2, 0.25) is 0 Å². The molecule has 2 fully saturated rings. The Kier molecular flexibility index (Phi) is 3.53. The first kappa shape index (κ1) is 11.9. The van der Waals surface area contributed by atoms with Crippen molar-refractivity contribution in [2.75, 3.05) is 13.2 Å². The summed E-state index contributed by atoms with van der Waals surface area (Å²) in [4.78, 5) is 21.1. The lowest BCUT2D eigenvalue weighted by Gasteiger charge is -2.15.